The summed E-state index contributed by atoms with van der Waals surface area (Å²) in [6.45, 7) is 2.93. The summed E-state index contributed by atoms with van der Waals surface area (Å²) in [6, 6.07) is 0. The van der Waals surface area contributed by atoms with E-state index in [1.165, 1.54) is 89.9 Å². The van der Waals surface area contributed by atoms with Crippen molar-refractivity contribution in [2.24, 2.45) is 5.73 Å². The van der Waals surface area contributed by atoms with Crippen molar-refractivity contribution in [1.82, 2.24) is 0 Å². The first kappa shape index (κ1) is 28.8. The van der Waals surface area contributed by atoms with E-state index < -0.39 is 8.80 Å². The highest BCUT2D eigenvalue weighted by Crippen LogP contribution is 2.32. The van der Waals surface area contributed by atoms with Crippen LogP contribution in [0.25, 0.3) is 0 Å². The quantitative estimate of drug-likeness (QED) is 0.114. The van der Waals surface area contributed by atoms with Crippen molar-refractivity contribution in [3.05, 3.63) is 12.2 Å². The van der Waals surface area contributed by atoms with Gasteiger partial charge in [0.2, 0.25) is 0 Å². The molecule has 29 heavy (non-hydrogen) atoms. The van der Waals surface area contributed by atoms with Gasteiger partial charge in [-0.3, -0.25) is 0 Å². The monoisotopic (exact) mass is 429 g/mol. The summed E-state index contributed by atoms with van der Waals surface area (Å²) in [5, 5.41) is 0. The first-order chi connectivity index (χ1) is 14.2. The van der Waals surface area contributed by atoms with Gasteiger partial charge in [-0.25, -0.2) is 0 Å². The van der Waals surface area contributed by atoms with E-state index >= 15 is 0 Å². The summed E-state index contributed by atoms with van der Waals surface area (Å²) in [5.74, 6) is 0. The van der Waals surface area contributed by atoms with Crippen molar-refractivity contribution in [2.45, 2.75) is 115 Å². The van der Waals surface area contributed by atoms with Crippen molar-refractivity contribution >= 4 is 8.80 Å². The summed E-state index contributed by atoms with van der Waals surface area (Å²) in [5.41, 5.74) is 6.10. The van der Waals surface area contributed by atoms with Crippen LogP contribution in [0, 0.1) is 0 Å². The zero-order valence-electron chi connectivity index (χ0n) is 20.1. The third kappa shape index (κ3) is 14.4. The van der Waals surface area contributed by atoms with Gasteiger partial charge in [-0.15, -0.1) is 0 Å². The Labute approximate surface area is 183 Å². The lowest BCUT2D eigenvalue weighted by Crippen LogP contribution is -2.48. The Morgan fingerprint density at radius 2 is 1.10 bits per heavy atom. The third-order valence-corrected chi connectivity index (χ3v) is 9.22. The lowest BCUT2D eigenvalue weighted by Gasteiger charge is -2.32. The molecule has 0 amide bonds. The van der Waals surface area contributed by atoms with Crippen LogP contribution in [0.3, 0.4) is 0 Å². The van der Waals surface area contributed by atoms with Crippen molar-refractivity contribution < 1.29 is 13.3 Å². The summed E-state index contributed by atoms with van der Waals surface area (Å²) in [7, 11) is 2.52. The van der Waals surface area contributed by atoms with Gasteiger partial charge in [-0.05, 0) is 45.1 Å². The molecule has 0 aromatic heterocycles. The third-order valence-electron chi connectivity index (χ3n) is 5.93. The van der Waals surface area contributed by atoms with E-state index in [0.29, 0.717) is 12.1 Å². The molecule has 174 valence electrons. The molecular formula is C24H51NO3Si. The van der Waals surface area contributed by atoms with Crippen molar-refractivity contribution in [2.75, 3.05) is 27.9 Å². The topological polar surface area (TPSA) is 53.7 Å². The molecular weight excluding hydrogens is 378 g/mol. The number of hydrogen-bond acceptors (Lipinski definition) is 4. The average Bonchev–Trinajstić information content (AvgIpc) is 2.75. The summed E-state index contributed by atoms with van der Waals surface area (Å²) >= 11 is 0. The van der Waals surface area contributed by atoms with E-state index in [2.05, 4.69) is 19.1 Å². The molecule has 0 aliphatic rings. The second kappa shape index (κ2) is 21.0. The Morgan fingerprint density at radius 3 is 1.55 bits per heavy atom. The van der Waals surface area contributed by atoms with Crippen LogP contribution in [0.15, 0.2) is 12.2 Å². The SMILES string of the molecule is CCCCCCCCCCC/C=C\CCCCCC(CCN)[Si](OC)(OC)OC. The van der Waals surface area contributed by atoms with Gasteiger partial charge in [0.1, 0.15) is 0 Å². The molecule has 0 aliphatic heterocycles. The molecule has 0 heterocycles. The maximum atomic E-state index is 5.80. The summed E-state index contributed by atoms with van der Waals surface area (Å²) < 4.78 is 17.0. The highest BCUT2D eigenvalue weighted by molar-refractivity contribution is 6.62. The van der Waals surface area contributed by atoms with E-state index in [-0.39, 0.29) is 0 Å². The minimum Gasteiger partial charge on any atom is -0.377 e. The Bertz CT molecular complexity index is 354. The Hall–Kier alpha value is -0.203. The van der Waals surface area contributed by atoms with Crippen LogP contribution in [0.2, 0.25) is 5.54 Å². The number of hydrogen-bond donors (Lipinski definition) is 1. The van der Waals surface area contributed by atoms with Crippen LogP contribution < -0.4 is 5.73 Å². The maximum absolute atomic E-state index is 5.80. The predicted molar refractivity (Wildman–Crippen MR) is 128 cm³/mol. The smallest absolute Gasteiger partial charge is 0.377 e. The highest BCUT2D eigenvalue weighted by atomic mass is 28.4. The summed E-state index contributed by atoms with van der Waals surface area (Å²) in [4.78, 5) is 0. The van der Waals surface area contributed by atoms with Crippen LogP contribution in [0.5, 0.6) is 0 Å². The van der Waals surface area contributed by atoms with Gasteiger partial charge in [0.05, 0.1) is 0 Å². The normalized spacial score (nSPS) is 13.4. The molecule has 0 fully saturated rings. The lowest BCUT2D eigenvalue weighted by molar-refractivity contribution is 0.108. The summed E-state index contributed by atoms with van der Waals surface area (Å²) in [6.07, 6.45) is 25.5. The van der Waals surface area contributed by atoms with Crippen LogP contribution in [0.1, 0.15) is 110 Å². The van der Waals surface area contributed by atoms with Crippen LogP contribution in [0.4, 0.5) is 0 Å². The molecule has 5 heteroatoms. The Morgan fingerprint density at radius 1 is 0.655 bits per heavy atom. The molecule has 2 N–H and O–H groups in total. The molecule has 4 nitrogen and oxygen atoms in total. The fraction of sp³-hybridized carbons (Fsp3) is 0.917. The molecule has 0 aliphatic carbocycles. The molecule has 0 saturated carbocycles. The van der Waals surface area contributed by atoms with E-state index in [0.717, 1.165) is 12.8 Å². The van der Waals surface area contributed by atoms with Crippen LogP contribution in [-0.2, 0) is 13.3 Å². The minimum absolute atomic E-state index is 0.301. The van der Waals surface area contributed by atoms with Crippen LogP contribution in [-0.4, -0.2) is 36.7 Å². The molecule has 0 spiro atoms. The zero-order valence-corrected chi connectivity index (χ0v) is 21.1. The van der Waals surface area contributed by atoms with E-state index in [9.17, 15) is 0 Å². The first-order valence-corrected chi connectivity index (χ1v) is 14.0. The second-order valence-electron chi connectivity index (χ2n) is 8.22. The van der Waals surface area contributed by atoms with Crippen molar-refractivity contribution in [3.63, 3.8) is 0 Å². The largest absolute Gasteiger partial charge is 0.503 e. The highest BCUT2D eigenvalue weighted by Gasteiger charge is 2.46. The fourth-order valence-corrected chi connectivity index (χ4v) is 6.67. The van der Waals surface area contributed by atoms with Gasteiger partial charge in [0.15, 0.2) is 0 Å². The second-order valence-corrected chi connectivity index (χ2v) is 11.5. The molecule has 1 unspecified atom stereocenters. The molecule has 0 aromatic carbocycles. The van der Waals surface area contributed by atoms with Gasteiger partial charge in [-0.2, -0.15) is 0 Å². The van der Waals surface area contributed by atoms with Gasteiger partial charge >= 0.3 is 8.80 Å². The van der Waals surface area contributed by atoms with E-state index in [4.69, 9.17) is 19.0 Å². The van der Waals surface area contributed by atoms with Crippen molar-refractivity contribution in [1.29, 1.82) is 0 Å². The zero-order chi connectivity index (χ0) is 21.6. The Balaban J connectivity index is 3.67. The molecule has 0 rings (SSSR count). The molecule has 0 aromatic rings. The molecule has 0 saturated heterocycles. The van der Waals surface area contributed by atoms with Crippen molar-refractivity contribution in [3.8, 4) is 0 Å². The molecule has 1 atom stereocenters. The van der Waals surface area contributed by atoms with Gasteiger partial charge in [0, 0.05) is 26.9 Å². The first-order valence-electron chi connectivity index (χ1n) is 12.2. The minimum atomic E-state index is -2.57. The predicted octanol–water partition coefficient (Wildman–Crippen LogP) is 7.01. The van der Waals surface area contributed by atoms with Gasteiger partial charge in [0.25, 0.3) is 0 Å². The van der Waals surface area contributed by atoms with E-state index in [1.807, 2.05) is 0 Å². The van der Waals surface area contributed by atoms with Crippen LogP contribution >= 0.6 is 0 Å². The molecule has 0 bridgehead atoms. The van der Waals surface area contributed by atoms with E-state index in [1.54, 1.807) is 21.3 Å². The maximum Gasteiger partial charge on any atom is 0.503 e. The number of nitrogens with two attached hydrogens (primary N) is 1. The number of rotatable bonds is 22. The Kier molecular flexibility index (Phi) is 20.9. The molecule has 0 radical (unpaired) electrons. The fourth-order valence-electron chi connectivity index (χ4n) is 4.09. The number of allylic oxidation sites excluding steroid dienone is 2. The number of unbranched alkanes of at least 4 members (excludes halogenated alkanes) is 12. The average molecular weight is 430 g/mol. The van der Waals surface area contributed by atoms with Gasteiger partial charge < -0.3 is 19.0 Å². The standard InChI is InChI=1S/C24H51NO3Si/c1-5-6-7-8-9-10-11-12-13-14-15-16-17-18-19-20-21-24(22-23-25)29(26-2,27-3)28-4/h15-16,24H,5-14,17-23,25H2,1-4H3/b16-15-. The lowest BCUT2D eigenvalue weighted by atomic mass is 10.1. The van der Waals surface area contributed by atoms with Gasteiger partial charge in [-0.1, -0.05) is 83.3 Å².